The van der Waals surface area contributed by atoms with Crippen molar-refractivity contribution < 1.29 is 52.3 Å². The minimum atomic E-state index is -0.0692. The van der Waals surface area contributed by atoms with Gasteiger partial charge in [0, 0.05) is 23.4 Å². The zero-order valence-corrected chi connectivity index (χ0v) is 23.9. The van der Waals surface area contributed by atoms with E-state index < -0.39 is 0 Å². The molecule has 6 rings (SSSR count). The molecule has 0 unspecified atom stereocenters. The van der Waals surface area contributed by atoms with Gasteiger partial charge in [-0.05, 0) is 47.5 Å². The van der Waals surface area contributed by atoms with E-state index >= 15 is 0 Å². The Labute approximate surface area is 242 Å². The van der Waals surface area contributed by atoms with Crippen molar-refractivity contribution in [2.45, 2.75) is 25.9 Å². The molecule has 196 valence electrons. The van der Waals surface area contributed by atoms with Gasteiger partial charge in [-0.15, -0.1) is 0 Å². The monoisotopic (exact) mass is 644 g/mol. The standard InChI is InChI=1S/C29H25ClN2O5.HI/c1-34-24-8-7-20-22(14-31-27(33)11-17-3-5-19(30)6-4-17)28-21-13-26-25(36-16-37-26)12-18(21)9-10-32(28)15-23(20)29(24)35-2;/h3-8,12-13,15H,9-11,14,16H2,1-2H3;1H. The number of aromatic nitrogens is 1. The van der Waals surface area contributed by atoms with Crippen LogP contribution in [-0.4, -0.2) is 26.9 Å². The first-order chi connectivity index (χ1) is 18.1. The van der Waals surface area contributed by atoms with Crippen LogP contribution in [0.15, 0.2) is 54.7 Å². The maximum atomic E-state index is 13.0. The number of benzene rings is 3. The molecule has 0 bridgehead atoms. The Bertz CT molecular complexity index is 1540. The van der Waals surface area contributed by atoms with E-state index in [2.05, 4.69) is 22.1 Å². The molecule has 2 aliphatic rings. The third-order valence-electron chi connectivity index (χ3n) is 6.98. The highest BCUT2D eigenvalue weighted by Gasteiger charge is 2.32. The molecule has 38 heavy (non-hydrogen) atoms. The van der Waals surface area contributed by atoms with E-state index in [4.69, 9.17) is 30.5 Å². The van der Waals surface area contributed by atoms with Crippen molar-refractivity contribution in [1.82, 2.24) is 5.32 Å². The van der Waals surface area contributed by atoms with Crippen LogP contribution in [0.1, 0.15) is 16.7 Å². The van der Waals surface area contributed by atoms with Crippen LogP contribution >= 0.6 is 11.6 Å². The van der Waals surface area contributed by atoms with Gasteiger partial charge in [0.1, 0.15) is 0 Å². The summed E-state index contributed by atoms with van der Waals surface area (Å²) in [6.07, 6.45) is 3.23. The molecule has 3 heterocycles. The Morgan fingerprint density at radius 2 is 1.79 bits per heavy atom. The van der Waals surface area contributed by atoms with Gasteiger partial charge in [0.15, 0.2) is 35.7 Å². The molecule has 0 atom stereocenters. The van der Waals surface area contributed by atoms with Gasteiger partial charge in [0.05, 0.1) is 37.2 Å². The van der Waals surface area contributed by atoms with E-state index in [1.807, 2.05) is 30.3 Å². The minimum absolute atomic E-state index is 0. The molecule has 7 nitrogen and oxygen atoms in total. The second-order valence-corrected chi connectivity index (χ2v) is 9.54. The SMILES string of the molecule is COc1ccc2c(CNC(=O)Cc3ccc(Cl)cc3)c3[n+](cc2c1OC)CCc1cc2c(cc1-3)OCO2.[I-]. The van der Waals surface area contributed by atoms with Crippen LogP contribution < -0.4 is 52.8 Å². The number of carbonyl (C=O) groups excluding carboxylic acids is 1. The number of ether oxygens (including phenoxy) is 4. The summed E-state index contributed by atoms with van der Waals surface area (Å²) < 4.78 is 24.9. The first-order valence-corrected chi connectivity index (χ1v) is 12.5. The minimum Gasteiger partial charge on any atom is -1.00 e. The van der Waals surface area contributed by atoms with Gasteiger partial charge < -0.3 is 48.2 Å². The van der Waals surface area contributed by atoms with Crippen LogP contribution in [0.25, 0.3) is 22.0 Å². The average molecular weight is 645 g/mol. The lowest BCUT2D eigenvalue weighted by molar-refractivity contribution is -0.686. The van der Waals surface area contributed by atoms with Crippen LogP contribution in [0.5, 0.6) is 23.0 Å². The van der Waals surface area contributed by atoms with Crippen molar-refractivity contribution in [2.75, 3.05) is 21.0 Å². The second-order valence-electron chi connectivity index (χ2n) is 9.10. The Kier molecular flexibility index (Phi) is 7.54. The van der Waals surface area contributed by atoms with E-state index in [1.165, 1.54) is 5.56 Å². The highest BCUT2D eigenvalue weighted by atomic mass is 127. The first-order valence-electron chi connectivity index (χ1n) is 12.1. The lowest BCUT2D eigenvalue weighted by atomic mass is 9.91. The molecule has 0 fully saturated rings. The molecule has 1 amide bonds. The smallest absolute Gasteiger partial charge is 0.231 e. The molecular formula is C29H26ClIN2O5. The van der Waals surface area contributed by atoms with Crippen LogP contribution in [0.3, 0.4) is 0 Å². The summed E-state index contributed by atoms with van der Waals surface area (Å²) in [7, 11) is 3.27. The van der Waals surface area contributed by atoms with Crippen LogP contribution in [-0.2, 0) is 30.7 Å². The third kappa shape index (κ3) is 4.71. The summed E-state index contributed by atoms with van der Waals surface area (Å²) in [4.78, 5) is 13.0. The largest absolute Gasteiger partial charge is 1.00 e. The number of halogens is 2. The van der Waals surface area contributed by atoms with Crippen LogP contribution in [0.2, 0.25) is 5.02 Å². The fourth-order valence-corrected chi connectivity index (χ4v) is 5.35. The number of pyridine rings is 1. The number of methoxy groups -OCH3 is 2. The summed E-state index contributed by atoms with van der Waals surface area (Å²) in [5.41, 5.74) is 5.22. The number of hydrogen-bond acceptors (Lipinski definition) is 5. The van der Waals surface area contributed by atoms with Crippen molar-refractivity contribution in [3.63, 3.8) is 0 Å². The molecule has 0 aliphatic carbocycles. The van der Waals surface area contributed by atoms with Gasteiger partial charge in [-0.25, -0.2) is 0 Å². The predicted octanol–water partition coefficient (Wildman–Crippen LogP) is 1.61. The average Bonchev–Trinajstić information content (AvgIpc) is 3.37. The number of nitrogens with one attached hydrogen (secondary N) is 1. The Hall–Kier alpha value is -3.24. The van der Waals surface area contributed by atoms with Gasteiger partial charge in [0.2, 0.25) is 18.4 Å². The summed E-state index contributed by atoms with van der Waals surface area (Å²) >= 11 is 6.00. The number of hydrogen-bond donors (Lipinski definition) is 1. The molecular weight excluding hydrogens is 619 g/mol. The van der Waals surface area contributed by atoms with Gasteiger partial charge >= 0.3 is 0 Å². The topological polar surface area (TPSA) is 69.9 Å². The maximum absolute atomic E-state index is 13.0. The van der Waals surface area contributed by atoms with Gasteiger partial charge in [-0.2, -0.15) is 4.57 Å². The van der Waals surface area contributed by atoms with E-state index in [0.717, 1.165) is 57.6 Å². The number of fused-ring (bicyclic) bond motifs is 5. The van der Waals surface area contributed by atoms with Gasteiger partial charge in [0.25, 0.3) is 0 Å². The van der Waals surface area contributed by atoms with Crippen molar-refractivity contribution in [2.24, 2.45) is 0 Å². The fourth-order valence-electron chi connectivity index (χ4n) is 5.23. The summed E-state index contributed by atoms with van der Waals surface area (Å²) in [6.45, 7) is 1.35. The second kappa shape index (κ2) is 10.9. The lowest BCUT2D eigenvalue weighted by Crippen LogP contribution is -3.00. The van der Waals surface area contributed by atoms with Crippen LogP contribution in [0.4, 0.5) is 0 Å². The lowest BCUT2D eigenvalue weighted by Gasteiger charge is -2.21. The van der Waals surface area contributed by atoms with E-state index in [1.54, 1.807) is 26.4 Å². The molecule has 1 aromatic heterocycles. The van der Waals surface area contributed by atoms with E-state index in [-0.39, 0.29) is 43.1 Å². The normalized spacial score (nSPS) is 12.8. The zero-order chi connectivity index (χ0) is 25.5. The predicted molar refractivity (Wildman–Crippen MR) is 140 cm³/mol. The fraction of sp³-hybridized carbons (Fsp3) is 0.241. The first kappa shape index (κ1) is 26.4. The van der Waals surface area contributed by atoms with Gasteiger partial charge in [-0.1, -0.05) is 23.7 Å². The number of rotatable bonds is 6. The van der Waals surface area contributed by atoms with E-state index in [0.29, 0.717) is 23.1 Å². The molecule has 4 aromatic rings. The molecule has 0 spiro atoms. The van der Waals surface area contributed by atoms with Crippen molar-refractivity contribution in [3.05, 3.63) is 76.4 Å². The Balaban J connectivity index is 0.00000294. The third-order valence-corrected chi connectivity index (χ3v) is 7.23. The molecule has 9 heteroatoms. The molecule has 3 aromatic carbocycles. The quantitative estimate of drug-likeness (QED) is 0.255. The number of amides is 1. The van der Waals surface area contributed by atoms with Gasteiger partial charge in [-0.3, -0.25) is 4.79 Å². The maximum Gasteiger partial charge on any atom is 0.231 e. The molecule has 0 saturated carbocycles. The molecule has 2 aliphatic heterocycles. The Morgan fingerprint density at radius 3 is 2.53 bits per heavy atom. The van der Waals surface area contributed by atoms with E-state index in [9.17, 15) is 4.79 Å². The van der Waals surface area contributed by atoms with Crippen molar-refractivity contribution >= 4 is 28.3 Å². The number of carbonyl (C=O) groups is 1. The zero-order valence-electron chi connectivity index (χ0n) is 21.0. The molecule has 0 radical (unpaired) electrons. The van der Waals surface area contributed by atoms with Crippen LogP contribution in [0, 0.1) is 0 Å². The number of aryl methyl sites for hydroxylation is 2. The van der Waals surface area contributed by atoms with Crippen molar-refractivity contribution in [3.8, 4) is 34.3 Å². The summed E-state index contributed by atoms with van der Waals surface area (Å²) in [5.74, 6) is 2.77. The number of nitrogens with zero attached hydrogens (tertiary/aromatic N) is 1. The highest BCUT2D eigenvalue weighted by Crippen LogP contribution is 2.43. The summed E-state index contributed by atoms with van der Waals surface area (Å²) in [5, 5.41) is 5.70. The molecule has 0 saturated heterocycles. The molecule has 1 N–H and O–H groups in total. The van der Waals surface area contributed by atoms with Crippen molar-refractivity contribution in [1.29, 1.82) is 0 Å². The summed E-state index contributed by atoms with van der Waals surface area (Å²) in [6, 6.07) is 15.4. The highest BCUT2D eigenvalue weighted by molar-refractivity contribution is 6.30. The Morgan fingerprint density at radius 1 is 1.03 bits per heavy atom.